The molecule has 5 aromatic rings. The first-order chi connectivity index (χ1) is 56.2. The van der Waals surface area contributed by atoms with Crippen LogP contribution in [0.3, 0.4) is 0 Å². The van der Waals surface area contributed by atoms with E-state index in [0.29, 0.717) is 30.8 Å². The standard InChI is InChI=1S/C93H132N8O17/c1-17-19-20-21-22-23-24-25-29-36-68(54-80(103)115-56-63-34-27-26-28-35-63)117-91(111)83(62(11)18-2)101-89(109)77(53-60(7)8)96-87(107)78(55-81(104)118-93(12,13)14)97-90(110)82(61(9)10)100-88(108)76(52-59(5)6)95-86(106)75(51-58(3)4)94-85(105)74(98-92(112)116-57-73-71-39-32-30-37-69(71)70-38-31-33-40-72(70)73)49-50-79(102)99-84(64-41-45-66(113-15)46-42-64)65-43-47-67(114-16)48-44-65/h26-28,30-35,37-48,58-62,68,73-78,82-84H,17-25,29,36,49-57H2,1-16H3,(H,94,105)(H,95,106)(H,96,107)(H,97,110)(H,98,112)(H,99,102)(H,100,108)(H,101,109)/t62-,68?,74-,75-,76+,77+,78-,82-,83-/m0/s1. The van der Waals surface area contributed by atoms with Crippen molar-refractivity contribution in [2.24, 2.45) is 29.6 Å². The Morgan fingerprint density at radius 2 is 0.881 bits per heavy atom. The molecule has 1 aliphatic carbocycles. The van der Waals surface area contributed by atoms with Crippen molar-refractivity contribution in [2.45, 2.75) is 285 Å². The van der Waals surface area contributed by atoms with Crippen LogP contribution in [0.5, 0.6) is 11.5 Å². The molecular formula is C93H132N8O17. The minimum atomic E-state index is -1.71. The topological polar surface area (TPSA) is 339 Å². The smallest absolute Gasteiger partial charge is 0.407 e. The second kappa shape index (κ2) is 49.2. The molecule has 8 N–H and O–H groups in total. The molecule has 0 aliphatic heterocycles. The molecule has 0 spiro atoms. The van der Waals surface area contributed by atoms with E-state index in [1.165, 1.54) is 19.3 Å². The van der Waals surface area contributed by atoms with Crippen LogP contribution in [0.2, 0.25) is 0 Å². The van der Waals surface area contributed by atoms with Gasteiger partial charge in [-0.25, -0.2) is 9.59 Å². The molecule has 0 saturated heterocycles. The van der Waals surface area contributed by atoms with Gasteiger partial charge in [-0.15, -0.1) is 0 Å². The molecule has 0 fully saturated rings. The van der Waals surface area contributed by atoms with Crippen LogP contribution in [0.4, 0.5) is 4.79 Å². The van der Waals surface area contributed by atoms with E-state index in [0.717, 1.165) is 71.0 Å². The molecule has 646 valence electrons. The van der Waals surface area contributed by atoms with Crippen molar-refractivity contribution in [3.05, 3.63) is 155 Å². The number of methoxy groups -OCH3 is 2. The average Bonchev–Trinajstić information content (AvgIpc) is 1.61. The van der Waals surface area contributed by atoms with Crippen LogP contribution >= 0.6 is 0 Å². The van der Waals surface area contributed by atoms with E-state index in [1.54, 1.807) is 80.0 Å². The summed E-state index contributed by atoms with van der Waals surface area (Å²) in [6.45, 7) is 24.9. The maximum atomic E-state index is 15.0. The minimum Gasteiger partial charge on any atom is -0.497 e. The maximum absolute atomic E-state index is 15.0. The Kier molecular flexibility index (Phi) is 40.2. The Bertz CT molecular complexity index is 3940. The number of ether oxygens (including phenoxy) is 6. The van der Waals surface area contributed by atoms with Gasteiger partial charge in [-0.05, 0) is 152 Å². The summed E-state index contributed by atoms with van der Waals surface area (Å²) in [5.74, 6) is -8.76. The Hall–Kier alpha value is -10.3. The summed E-state index contributed by atoms with van der Waals surface area (Å²) in [6.07, 6.45) is 7.04. The minimum absolute atomic E-state index is 0.0316. The molecule has 1 unspecified atom stereocenters. The highest BCUT2D eigenvalue weighted by molar-refractivity contribution is 5.99. The highest BCUT2D eigenvalue weighted by Crippen LogP contribution is 2.44. The largest absolute Gasteiger partial charge is 0.497 e. The van der Waals surface area contributed by atoms with Gasteiger partial charge in [0.15, 0.2) is 0 Å². The Labute approximate surface area is 699 Å². The van der Waals surface area contributed by atoms with Crippen LogP contribution in [0.15, 0.2) is 127 Å². The number of esters is 3. The molecule has 8 amide bonds. The third-order valence-corrected chi connectivity index (χ3v) is 20.8. The van der Waals surface area contributed by atoms with Crippen LogP contribution in [-0.2, 0) is 73.5 Å². The molecule has 0 bridgehead atoms. The molecule has 25 heteroatoms. The summed E-state index contributed by atoms with van der Waals surface area (Å²) >= 11 is 0. The van der Waals surface area contributed by atoms with Crippen LogP contribution in [-0.4, -0.2) is 140 Å². The normalized spacial score (nSPS) is 14.2. The lowest BCUT2D eigenvalue weighted by Crippen LogP contribution is -2.61. The molecule has 0 radical (unpaired) electrons. The Morgan fingerprint density at radius 1 is 0.432 bits per heavy atom. The van der Waals surface area contributed by atoms with Crippen LogP contribution in [0, 0.1) is 29.6 Å². The van der Waals surface area contributed by atoms with Gasteiger partial charge in [0.25, 0.3) is 0 Å². The molecule has 0 heterocycles. The van der Waals surface area contributed by atoms with Crippen molar-refractivity contribution in [2.75, 3.05) is 20.8 Å². The number of nitrogens with one attached hydrogen (secondary N) is 8. The predicted octanol–water partition coefficient (Wildman–Crippen LogP) is 14.0. The first-order valence-electron chi connectivity index (χ1n) is 42.3. The second-order valence-corrected chi connectivity index (χ2v) is 33.7. The van der Waals surface area contributed by atoms with E-state index < -0.39 is 144 Å². The number of carbonyl (C=O) groups is 11. The quantitative estimate of drug-likeness (QED) is 0.0102. The van der Waals surface area contributed by atoms with Crippen LogP contribution in [0.25, 0.3) is 11.1 Å². The molecule has 5 aromatic carbocycles. The third kappa shape index (κ3) is 32.5. The van der Waals surface area contributed by atoms with Crippen LogP contribution < -0.4 is 52.0 Å². The summed E-state index contributed by atoms with van der Waals surface area (Å²) in [7, 11) is 3.10. The Balaban J connectivity index is 1.21. The van der Waals surface area contributed by atoms with Gasteiger partial charge in [-0.3, -0.25) is 43.2 Å². The van der Waals surface area contributed by atoms with Gasteiger partial charge in [-0.2, -0.15) is 0 Å². The van der Waals surface area contributed by atoms with E-state index in [9.17, 15) is 52.7 Å². The predicted molar refractivity (Wildman–Crippen MR) is 454 cm³/mol. The zero-order valence-electron chi connectivity index (χ0n) is 72.4. The van der Waals surface area contributed by atoms with Gasteiger partial charge in [0, 0.05) is 12.3 Å². The number of benzene rings is 5. The van der Waals surface area contributed by atoms with Crippen LogP contribution in [0.1, 0.15) is 252 Å². The summed E-state index contributed by atoms with van der Waals surface area (Å²) in [5.41, 5.74) is 5.11. The number of hydrogen-bond acceptors (Lipinski definition) is 17. The van der Waals surface area contributed by atoms with E-state index in [2.05, 4.69) is 49.5 Å². The highest BCUT2D eigenvalue weighted by atomic mass is 16.6. The maximum Gasteiger partial charge on any atom is 0.407 e. The first-order valence-corrected chi connectivity index (χ1v) is 42.3. The zero-order valence-corrected chi connectivity index (χ0v) is 72.4. The summed E-state index contributed by atoms with van der Waals surface area (Å²) in [6, 6.07) is 28.7. The highest BCUT2D eigenvalue weighted by Gasteiger charge is 2.40. The van der Waals surface area contributed by atoms with E-state index >= 15 is 0 Å². The molecule has 118 heavy (non-hydrogen) atoms. The fraction of sp³-hybridized carbons (Fsp3) is 0.559. The molecule has 6 rings (SSSR count). The number of unbranched alkanes of at least 4 members (excludes halogenated alkanes) is 8. The number of hydrogen-bond donors (Lipinski definition) is 8. The summed E-state index contributed by atoms with van der Waals surface area (Å²) in [5, 5.41) is 22.5. The first kappa shape index (κ1) is 96.5. The van der Waals surface area contributed by atoms with E-state index in [4.69, 9.17) is 28.4 Å². The number of fused-ring (bicyclic) bond motifs is 3. The lowest BCUT2D eigenvalue weighted by atomic mass is 9.97. The zero-order chi connectivity index (χ0) is 86.6. The molecule has 0 saturated carbocycles. The van der Waals surface area contributed by atoms with Gasteiger partial charge in [0.1, 0.15) is 78.7 Å². The second-order valence-electron chi connectivity index (χ2n) is 33.7. The van der Waals surface area contributed by atoms with Gasteiger partial charge in [0.2, 0.25) is 41.4 Å². The van der Waals surface area contributed by atoms with Crippen molar-refractivity contribution in [3.63, 3.8) is 0 Å². The lowest BCUT2D eigenvalue weighted by molar-refractivity contribution is -0.160. The van der Waals surface area contributed by atoms with Gasteiger partial charge in [-0.1, -0.05) is 237 Å². The Morgan fingerprint density at radius 3 is 1.36 bits per heavy atom. The van der Waals surface area contributed by atoms with E-state index in [-0.39, 0.29) is 75.4 Å². The van der Waals surface area contributed by atoms with Crippen molar-refractivity contribution >= 4 is 65.4 Å². The SMILES string of the molecule is CCCCCCCCCCCC(CC(=O)OCc1ccccc1)OC(=O)[C@@H](NC(=O)[C@@H](CC(C)C)NC(=O)[C@H](CC(=O)OC(C)(C)C)NC(=O)[C@@H](NC(=O)[C@@H](CC(C)C)NC(=O)[C@H](CC(C)C)NC(=O)[C@H](CCC(=O)NC(c1ccc(OC)cc1)c1ccc(OC)cc1)NC(=O)OCC1c2ccccc2-c2ccccc21)C(C)C)[C@@H](C)CC. The fourth-order valence-corrected chi connectivity index (χ4v) is 14.3. The van der Waals surface area contributed by atoms with Gasteiger partial charge in [0.05, 0.1) is 33.1 Å². The van der Waals surface area contributed by atoms with Crippen molar-refractivity contribution < 1.29 is 81.2 Å². The monoisotopic (exact) mass is 1630 g/mol. The molecular weight excluding hydrogens is 1500 g/mol. The molecule has 9 atom stereocenters. The number of alkyl carbamates (subject to hydrolysis) is 1. The van der Waals surface area contributed by atoms with E-state index in [1.807, 2.05) is 152 Å². The van der Waals surface area contributed by atoms with Gasteiger partial charge >= 0.3 is 24.0 Å². The molecule has 1 aliphatic rings. The van der Waals surface area contributed by atoms with Crippen molar-refractivity contribution in [3.8, 4) is 22.6 Å². The number of amides is 8. The third-order valence-electron chi connectivity index (χ3n) is 20.8. The van der Waals surface area contributed by atoms with Crippen molar-refractivity contribution in [1.82, 2.24) is 42.5 Å². The molecule has 0 aromatic heterocycles. The number of carbonyl (C=O) groups excluding carboxylic acids is 11. The number of rotatable bonds is 50. The lowest BCUT2D eigenvalue weighted by Gasteiger charge is -2.30. The summed E-state index contributed by atoms with van der Waals surface area (Å²) < 4.78 is 34.2. The van der Waals surface area contributed by atoms with Gasteiger partial charge < -0.3 is 71.0 Å². The fourth-order valence-electron chi connectivity index (χ4n) is 14.3. The summed E-state index contributed by atoms with van der Waals surface area (Å²) in [4.78, 5) is 160. The average molecular weight is 1630 g/mol. The van der Waals surface area contributed by atoms with Crippen molar-refractivity contribution in [1.29, 1.82) is 0 Å². The molecule has 25 nitrogen and oxygen atoms in total.